The van der Waals surface area contributed by atoms with Crippen LogP contribution in [0.3, 0.4) is 0 Å². The summed E-state index contributed by atoms with van der Waals surface area (Å²) in [6.07, 6.45) is 0. The van der Waals surface area contributed by atoms with Crippen LogP contribution in [-0.2, 0) is 0 Å². The standard InChI is InChI=1S/C11H11N5O2S/c1-5(9-14-11(18)16-15-9)12-10(17)7-4-8-6(13-7)2-3-19-8/h2-5,13H,1H3,(H,12,17)(H2,14,15,16,18). The molecule has 7 nitrogen and oxygen atoms in total. The van der Waals surface area contributed by atoms with E-state index in [0.717, 1.165) is 10.2 Å². The van der Waals surface area contributed by atoms with Crippen LogP contribution >= 0.6 is 11.3 Å². The number of carbonyl (C=O) groups is 1. The van der Waals surface area contributed by atoms with E-state index in [2.05, 4.69) is 25.5 Å². The molecule has 0 aromatic carbocycles. The van der Waals surface area contributed by atoms with Gasteiger partial charge in [-0.3, -0.25) is 9.78 Å². The summed E-state index contributed by atoms with van der Waals surface area (Å²) in [5.74, 6) is 0.159. The second kappa shape index (κ2) is 4.39. The Bertz CT molecular complexity index is 752. The highest BCUT2D eigenvalue weighted by atomic mass is 32.1. The lowest BCUT2D eigenvalue weighted by Gasteiger charge is -2.09. The Labute approximate surface area is 111 Å². The van der Waals surface area contributed by atoms with Gasteiger partial charge in [0.1, 0.15) is 5.69 Å². The summed E-state index contributed by atoms with van der Waals surface area (Å²) in [6, 6.07) is 3.34. The summed E-state index contributed by atoms with van der Waals surface area (Å²) < 4.78 is 1.03. The third-order valence-corrected chi connectivity index (χ3v) is 3.63. The van der Waals surface area contributed by atoms with E-state index < -0.39 is 5.69 Å². The van der Waals surface area contributed by atoms with Crippen molar-refractivity contribution in [3.63, 3.8) is 0 Å². The number of thiophene rings is 1. The summed E-state index contributed by atoms with van der Waals surface area (Å²) in [7, 11) is 0. The summed E-state index contributed by atoms with van der Waals surface area (Å²) in [5.41, 5.74) is 1.04. The third kappa shape index (κ3) is 2.17. The number of nitrogens with zero attached hydrogens (tertiary/aromatic N) is 1. The molecule has 0 fully saturated rings. The van der Waals surface area contributed by atoms with Crippen LogP contribution in [0.25, 0.3) is 10.2 Å². The zero-order valence-corrected chi connectivity index (χ0v) is 10.8. The van der Waals surface area contributed by atoms with Gasteiger partial charge < -0.3 is 10.3 Å². The number of rotatable bonds is 3. The van der Waals surface area contributed by atoms with E-state index in [0.29, 0.717) is 11.5 Å². The summed E-state index contributed by atoms with van der Waals surface area (Å²) in [6.45, 7) is 1.75. The first-order valence-electron chi connectivity index (χ1n) is 5.65. The lowest BCUT2D eigenvalue weighted by molar-refractivity contribution is 0.0934. The number of amides is 1. The summed E-state index contributed by atoms with van der Waals surface area (Å²) in [4.78, 5) is 28.5. The van der Waals surface area contributed by atoms with Gasteiger partial charge in [-0.25, -0.2) is 9.89 Å². The number of hydrogen-bond donors (Lipinski definition) is 4. The van der Waals surface area contributed by atoms with Crippen molar-refractivity contribution in [3.8, 4) is 0 Å². The van der Waals surface area contributed by atoms with Crippen molar-refractivity contribution >= 4 is 27.5 Å². The van der Waals surface area contributed by atoms with Crippen molar-refractivity contribution in [1.82, 2.24) is 25.5 Å². The van der Waals surface area contributed by atoms with E-state index in [-0.39, 0.29) is 11.9 Å². The van der Waals surface area contributed by atoms with Gasteiger partial charge in [0.05, 0.1) is 16.3 Å². The second-order valence-corrected chi connectivity index (χ2v) is 5.09. The molecular formula is C11H11N5O2S. The Morgan fingerprint density at radius 2 is 2.32 bits per heavy atom. The van der Waals surface area contributed by atoms with E-state index in [1.54, 1.807) is 24.3 Å². The smallest absolute Gasteiger partial charge is 0.340 e. The first-order chi connectivity index (χ1) is 9.13. The second-order valence-electron chi connectivity index (χ2n) is 4.14. The Morgan fingerprint density at radius 1 is 1.47 bits per heavy atom. The lowest BCUT2D eigenvalue weighted by atomic mass is 10.3. The highest BCUT2D eigenvalue weighted by Gasteiger charge is 2.16. The fourth-order valence-corrected chi connectivity index (χ4v) is 2.58. The van der Waals surface area contributed by atoms with Gasteiger partial charge in [0, 0.05) is 0 Å². The molecule has 4 N–H and O–H groups in total. The van der Waals surface area contributed by atoms with Crippen molar-refractivity contribution in [2.45, 2.75) is 13.0 Å². The molecule has 3 rings (SSSR count). The molecule has 0 aliphatic rings. The van der Waals surface area contributed by atoms with Gasteiger partial charge in [0.15, 0.2) is 5.82 Å². The summed E-state index contributed by atoms with van der Waals surface area (Å²) >= 11 is 1.57. The SMILES string of the molecule is CC(NC(=O)c1cc2sccc2[nH]1)c1n[nH]c(=O)[nH]1. The zero-order valence-electron chi connectivity index (χ0n) is 9.98. The number of fused-ring (bicyclic) bond motifs is 1. The Kier molecular flexibility index (Phi) is 2.71. The molecule has 1 amide bonds. The quantitative estimate of drug-likeness (QED) is 0.576. The maximum absolute atomic E-state index is 12.0. The fourth-order valence-electron chi connectivity index (χ4n) is 1.80. The lowest BCUT2D eigenvalue weighted by Crippen LogP contribution is -2.27. The summed E-state index contributed by atoms with van der Waals surface area (Å²) in [5, 5.41) is 10.8. The Hall–Kier alpha value is -2.35. The molecule has 0 spiro atoms. The molecule has 0 radical (unpaired) electrons. The zero-order chi connectivity index (χ0) is 13.4. The van der Waals surface area contributed by atoms with Crippen LogP contribution in [0.2, 0.25) is 0 Å². The minimum Gasteiger partial charge on any atom is -0.350 e. The van der Waals surface area contributed by atoms with Crippen LogP contribution in [0.1, 0.15) is 29.3 Å². The monoisotopic (exact) mass is 277 g/mol. The maximum Gasteiger partial charge on any atom is 0.340 e. The predicted octanol–water partition coefficient (Wildman–Crippen LogP) is 1.13. The minimum absolute atomic E-state index is 0.236. The molecule has 0 aliphatic carbocycles. The van der Waals surface area contributed by atoms with Crippen molar-refractivity contribution in [3.05, 3.63) is 39.5 Å². The highest BCUT2D eigenvalue weighted by molar-refractivity contribution is 7.17. The molecule has 1 unspecified atom stereocenters. The molecule has 19 heavy (non-hydrogen) atoms. The van der Waals surface area contributed by atoms with Gasteiger partial charge in [0.2, 0.25) is 0 Å². The molecule has 98 valence electrons. The van der Waals surface area contributed by atoms with E-state index in [9.17, 15) is 9.59 Å². The molecule has 0 aliphatic heterocycles. The Morgan fingerprint density at radius 3 is 3.00 bits per heavy atom. The fraction of sp³-hybridized carbons (Fsp3) is 0.182. The van der Waals surface area contributed by atoms with Gasteiger partial charge in [0.25, 0.3) is 5.91 Å². The molecule has 3 aromatic heterocycles. The minimum atomic E-state index is -0.392. The van der Waals surface area contributed by atoms with Crippen LogP contribution in [0.15, 0.2) is 22.3 Å². The highest BCUT2D eigenvalue weighted by Crippen LogP contribution is 2.21. The molecule has 0 bridgehead atoms. The van der Waals surface area contributed by atoms with E-state index in [4.69, 9.17) is 0 Å². The molecule has 0 saturated carbocycles. The van der Waals surface area contributed by atoms with Gasteiger partial charge in [-0.2, -0.15) is 5.10 Å². The van der Waals surface area contributed by atoms with Crippen LogP contribution in [0.4, 0.5) is 0 Å². The predicted molar refractivity (Wildman–Crippen MR) is 71.3 cm³/mol. The number of nitrogens with one attached hydrogen (secondary N) is 4. The topological polar surface area (TPSA) is 106 Å². The number of H-pyrrole nitrogens is 3. The van der Waals surface area contributed by atoms with Crippen molar-refractivity contribution in [2.24, 2.45) is 0 Å². The Balaban J connectivity index is 1.77. The van der Waals surface area contributed by atoms with Crippen molar-refractivity contribution < 1.29 is 4.79 Å². The average Bonchev–Trinajstić information content (AvgIpc) is 3.02. The first kappa shape index (κ1) is 11.7. The van der Waals surface area contributed by atoms with E-state index >= 15 is 0 Å². The van der Waals surface area contributed by atoms with E-state index in [1.807, 2.05) is 11.4 Å². The maximum atomic E-state index is 12.0. The normalized spacial score (nSPS) is 12.7. The first-order valence-corrected chi connectivity index (χ1v) is 6.53. The van der Waals surface area contributed by atoms with Crippen molar-refractivity contribution in [2.75, 3.05) is 0 Å². The third-order valence-electron chi connectivity index (χ3n) is 2.76. The van der Waals surface area contributed by atoms with Gasteiger partial charge >= 0.3 is 5.69 Å². The number of hydrogen-bond acceptors (Lipinski definition) is 4. The van der Waals surface area contributed by atoms with E-state index in [1.165, 1.54) is 0 Å². The van der Waals surface area contributed by atoms with Crippen LogP contribution in [0.5, 0.6) is 0 Å². The number of aromatic amines is 3. The molecule has 8 heteroatoms. The van der Waals surface area contributed by atoms with Gasteiger partial charge in [-0.1, -0.05) is 0 Å². The molecule has 3 aromatic rings. The van der Waals surface area contributed by atoms with Crippen molar-refractivity contribution in [1.29, 1.82) is 0 Å². The van der Waals surface area contributed by atoms with Crippen LogP contribution in [-0.4, -0.2) is 26.1 Å². The molecule has 1 atom stereocenters. The average molecular weight is 277 g/mol. The number of aromatic nitrogens is 4. The number of carbonyl (C=O) groups excluding carboxylic acids is 1. The largest absolute Gasteiger partial charge is 0.350 e. The van der Waals surface area contributed by atoms with Crippen LogP contribution < -0.4 is 11.0 Å². The molecule has 0 saturated heterocycles. The van der Waals surface area contributed by atoms with Gasteiger partial charge in [-0.15, -0.1) is 11.3 Å². The molecular weight excluding hydrogens is 266 g/mol. The van der Waals surface area contributed by atoms with Crippen LogP contribution in [0, 0.1) is 0 Å². The van der Waals surface area contributed by atoms with Gasteiger partial charge in [-0.05, 0) is 24.4 Å². The molecule has 3 heterocycles.